The third kappa shape index (κ3) is 2.71. The lowest BCUT2D eigenvalue weighted by molar-refractivity contribution is 0.0245. The summed E-state index contributed by atoms with van der Waals surface area (Å²) in [4.78, 5) is 13.7. The van der Waals surface area contributed by atoms with E-state index in [9.17, 15) is 14.3 Å². The van der Waals surface area contributed by atoms with Gasteiger partial charge >= 0.3 is 0 Å². The minimum absolute atomic E-state index is 0.0129. The molecule has 1 N–H and O–H groups in total. The number of halogens is 1. The lowest BCUT2D eigenvalue weighted by Gasteiger charge is -2.34. The Balaban J connectivity index is 2.20. The summed E-state index contributed by atoms with van der Waals surface area (Å²) in [6, 6.07) is 4.49. The summed E-state index contributed by atoms with van der Waals surface area (Å²) < 4.78 is 18.9. The van der Waals surface area contributed by atoms with Gasteiger partial charge in [0.15, 0.2) is 11.6 Å². The number of ether oxygens (including phenoxy) is 1. The van der Waals surface area contributed by atoms with Gasteiger partial charge in [-0.1, -0.05) is 13.0 Å². The average molecular weight is 267 g/mol. The van der Waals surface area contributed by atoms with Crippen molar-refractivity contribution in [1.29, 1.82) is 0 Å². The third-order valence-corrected chi connectivity index (χ3v) is 3.62. The number of nitrogens with zero attached hydrogens (tertiary/aromatic N) is 1. The maximum Gasteiger partial charge on any atom is 0.257 e. The molecule has 1 aromatic carbocycles. The second-order valence-electron chi connectivity index (χ2n) is 4.91. The highest BCUT2D eigenvalue weighted by Crippen LogP contribution is 2.24. The summed E-state index contributed by atoms with van der Waals surface area (Å²) in [5, 5.41) is 9.80. The number of amides is 1. The van der Waals surface area contributed by atoms with Crippen molar-refractivity contribution in [3.63, 3.8) is 0 Å². The molecule has 1 heterocycles. The maximum atomic E-state index is 14.0. The largest absolute Gasteiger partial charge is 0.494 e. The minimum atomic E-state index is -0.650. The summed E-state index contributed by atoms with van der Waals surface area (Å²) in [6.45, 7) is 2.73. The monoisotopic (exact) mass is 267 g/mol. The van der Waals surface area contributed by atoms with Gasteiger partial charge in [0, 0.05) is 13.1 Å². The van der Waals surface area contributed by atoms with Gasteiger partial charge < -0.3 is 14.7 Å². The van der Waals surface area contributed by atoms with Gasteiger partial charge in [-0.05, 0) is 24.5 Å². The first-order chi connectivity index (χ1) is 9.04. The molecule has 0 aliphatic carbocycles. The van der Waals surface area contributed by atoms with Crippen LogP contribution in [-0.2, 0) is 0 Å². The standard InChI is InChI=1S/C14H18FNO3/c1-9-6-7-16(8-11(9)17)14(18)10-4-3-5-12(19-2)13(10)15/h3-5,9,11,17H,6-8H2,1-2H3. The van der Waals surface area contributed by atoms with Crippen LogP contribution in [0.15, 0.2) is 18.2 Å². The van der Waals surface area contributed by atoms with Crippen LogP contribution in [0.2, 0.25) is 0 Å². The smallest absolute Gasteiger partial charge is 0.257 e. The van der Waals surface area contributed by atoms with Crippen LogP contribution in [0.1, 0.15) is 23.7 Å². The molecule has 2 atom stereocenters. The molecule has 1 saturated heterocycles. The molecule has 19 heavy (non-hydrogen) atoms. The van der Waals surface area contributed by atoms with E-state index in [4.69, 9.17) is 4.74 Å². The van der Waals surface area contributed by atoms with Crippen LogP contribution < -0.4 is 4.74 Å². The number of β-amino-alcohol motifs (C(OH)–C–C–N with tert-alkyl or cyclic N) is 1. The molecule has 1 fully saturated rings. The first-order valence-electron chi connectivity index (χ1n) is 6.34. The van der Waals surface area contributed by atoms with Crippen molar-refractivity contribution in [3.05, 3.63) is 29.6 Å². The molecule has 2 rings (SSSR count). The fourth-order valence-corrected chi connectivity index (χ4v) is 2.24. The molecule has 1 aromatic rings. The molecule has 0 spiro atoms. The second kappa shape index (κ2) is 5.57. The summed E-state index contributed by atoms with van der Waals surface area (Å²) in [5.41, 5.74) is -0.0129. The van der Waals surface area contributed by atoms with E-state index in [1.165, 1.54) is 24.1 Å². The molecule has 1 amide bonds. The molecule has 4 nitrogen and oxygen atoms in total. The van der Waals surface area contributed by atoms with E-state index >= 15 is 0 Å². The molecule has 2 unspecified atom stereocenters. The fraction of sp³-hybridized carbons (Fsp3) is 0.500. The summed E-state index contributed by atoms with van der Waals surface area (Å²) in [7, 11) is 1.36. The van der Waals surface area contributed by atoms with Gasteiger partial charge in [0.25, 0.3) is 5.91 Å². The molecule has 1 aliphatic heterocycles. The van der Waals surface area contributed by atoms with Gasteiger partial charge in [-0.2, -0.15) is 0 Å². The topological polar surface area (TPSA) is 49.8 Å². The molecule has 5 heteroatoms. The van der Waals surface area contributed by atoms with E-state index in [0.717, 1.165) is 6.42 Å². The number of likely N-dealkylation sites (tertiary alicyclic amines) is 1. The zero-order chi connectivity index (χ0) is 14.0. The maximum absolute atomic E-state index is 14.0. The number of carbonyl (C=O) groups is 1. The minimum Gasteiger partial charge on any atom is -0.494 e. The van der Waals surface area contributed by atoms with Crippen LogP contribution in [0.3, 0.4) is 0 Å². The van der Waals surface area contributed by atoms with E-state index in [2.05, 4.69) is 0 Å². The van der Waals surface area contributed by atoms with Crippen molar-refractivity contribution in [2.45, 2.75) is 19.4 Å². The Morgan fingerprint density at radius 3 is 2.89 bits per heavy atom. The van der Waals surface area contributed by atoms with E-state index in [-0.39, 0.29) is 23.8 Å². The molecule has 0 radical (unpaired) electrons. The molecular weight excluding hydrogens is 249 g/mol. The number of piperidine rings is 1. The van der Waals surface area contributed by atoms with Crippen LogP contribution in [0.5, 0.6) is 5.75 Å². The van der Waals surface area contributed by atoms with E-state index in [1.807, 2.05) is 6.92 Å². The number of carbonyl (C=O) groups excluding carboxylic acids is 1. The van der Waals surface area contributed by atoms with E-state index in [0.29, 0.717) is 6.54 Å². The highest BCUT2D eigenvalue weighted by Gasteiger charge is 2.29. The van der Waals surface area contributed by atoms with Gasteiger partial charge in [0.05, 0.1) is 18.8 Å². The quantitative estimate of drug-likeness (QED) is 0.887. The Morgan fingerprint density at radius 2 is 2.26 bits per heavy atom. The van der Waals surface area contributed by atoms with E-state index < -0.39 is 17.8 Å². The Labute approximate surface area is 111 Å². The molecule has 0 aromatic heterocycles. The lowest BCUT2D eigenvalue weighted by atomic mass is 9.95. The Hall–Kier alpha value is -1.62. The zero-order valence-electron chi connectivity index (χ0n) is 11.1. The number of benzene rings is 1. The van der Waals surface area contributed by atoms with Gasteiger partial charge in [0.2, 0.25) is 0 Å². The van der Waals surface area contributed by atoms with Crippen LogP contribution >= 0.6 is 0 Å². The molecule has 104 valence electrons. The van der Waals surface area contributed by atoms with E-state index in [1.54, 1.807) is 6.07 Å². The Kier molecular flexibility index (Phi) is 4.04. The SMILES string of the molecule is COc1cccc(C(=O)N2CCC(C)C(O)C2)c1F. The van der Waals surface area contributed by atoms with Crippen LogP contribution in [0.4, 0.5) is 4.39 Å². The van der Waals surface area contributed by atoms with Crippen molar-refractivity contribution in [3.8, 4) is 5.75 Å². The first-order valence-corrected chi connectivity index (χ1v) is 6.34. The summed E-state index contributed by atoms with van der Waals surface area (Å²) in [5.74, 6) is -0.832. The predicted molar refractivity (Wildman–Crippen MR) is 68.6 cm³/mol. The highest BCUT2D eigenvalue weighted by atomic mass is 19.1. The Bertz CT molecular complexity index is 478. The normalized spacial score (nSPS) is 23.3. The van der Waals surface area contributed by atoms with Crippen LogP contribution in [0, 0.1) is 11.7 Å². The van der Waals surface area contributed by atoms with Crippen molar-refractivity contribution in [1.82, 2.24) is 4.90 Å². The zero-order valence-corrected chi connectivity index (χ0v) is 11.1. The summed E-state index contributed by atoms with van der Waals surface area (Å²) in [6.07, 6.45) is 0.171. The van der Waals surface area contributed by atoms with Gasteiger partial charge in [0.1, 0.15) is 0 Å². The average Bonchev–Trinajstić information content (AvgIpc) is 2.41. The third-order valence-electron chi connectivity index (χ3n) is 3.62. The van der Waals surface area contributed by atoms with Crippen molar-refractivity contribution < 1.29 is 19.0 Å². The second-order valence-corrected chi connectivity index (χ2v) is 4.91. The first kappa shape index (κ1) is 13.8. The predicted octanol–water partition coefficient (Wildman–Crippen LogP) is 1.68. The number of aliphatic hydroxyl groups is 1. The highest BCUT2D eigenvalue weighted by molar-refractivity contribution is 5.95. The van der Waals surface area contributed by atoms with Crippen LogP contribution in [-0.4, -0.2) is 42.2 Å². The number of rotatable bonds is 2. The lowest BCUT2D eigenvalue weighted by Crippen LogP contribution is -2.46. The number of hydrogen-bond acceptors (Lipinski definition) is 3. The van der Waals surface area contributed by atoms with Crippen LogP contribution in [0.25, 0.3) is 0 Å². The van der Waals surface area contributed by atoms with Gasteiger partial charge in [-0.25, -0.2) is 4.39 Å². The molecule has 1 aliphatic rings. The number of aliphatic hydroxyl groups excluding tert-OH is 1. The van der Waals surface area contributed by atoms with Gasteiger partial charge in [-0.3, -0.25) is 4.79 Å². The molecule has 0 bridgehead atoms. The summed E-state index contributed by atoms with van der Waals surface area (Å²) >= 11 is 0. The van der Waals surface area contributed by atoms with Crippen molar-refractivity contribution in [2.24, 2.45) is 5.92 Å². The van der Waals surface area contributed by atoms with Crippen molar-refractivity contribution in [2.75, 3.05) is 20.2 Å². The van der Waals surface area contributed by atoms with Crippen molar-refractivity contribution >= 4 is 5.91 Å². The Morgan fingerprint density at radius 1 is 1.53 bits per heavy atom. The molecular formula is C14H18FNO3. The van der Waals surface area contributed by atoms with Gasteiger partial charge in [-0.15, -0.1) is 0 Å². The molecule has 0 saturated carbocycles. The fourth-order valence-electron chi connectivity index (χ4n) is 2.24. The number of methoxy groups -OCH3 is 1. The number of hydrogen-bond donors (Lipinski definition) is 1.